The number of hydrogen-bond acceptors (Lipinski definition) is 4. The Bertz CT molecular complexity index is 963. The number of carbonyl (C=O) groups excluding carboxylic acids is 1. The minimum Gasteiger partial charge on any atom is -0.493 e. The van der Waals surface area contributed by atoms with Gasteiger partial charge in [-0.3, -0.25) is 0 Å². The lowest BCUT2D eigenvalue weighted by atomic mass is 9.96. The lowest BCUT2D eigenvalue weighted by Gasteiger charge is -2.20. The van der Waals surface area contributed by atoms with E-state index >= 15 is 0 Å². The molecule has 1 aliphatic heterocycles. The average Bonchev–Trinajstić information content (AvgIpc) is 3.11. The number of Topliss-reactive ketones (excluding diaryl/α,β-unsaturated/α-hetero) is 1. The molecule has 1 aliphatic carbocycles. The largest absolute Gasteiger partial charge is 0.493 e. The first-order valence-electron chi connectivity index (χ1n) is 11.0. The highest BCUT2D eigenvalue weighted by molar-refractivity contribution is 5.76. The number of benzene rings is 2. The van der Waals surface area contributed by atoms with Crippen LogP contribution in [0.25, 0.3) is 0 Å². The maximum absolute atomic E-state index is 14.6. The molecular formula is C25H28F3NO3. The van der Waals surface area contributed by atoms with Crippen LogP contribution in [0.5, 0.6) is 11.5 Å². The van der Waals surface area contributed by atoms with Crippen LogP contribution < -0.4 is 14.4 Å². The SMILES string of the molecule is CC(=O)C[C@@H](C)c1ccc(OC2CCN(c3ccc(OCC4CC4(F)F)cc3F)C2)cc1. The van der Waals surface area contributed by atoms with Crippen molar-refractivity contribution in [2.45, 2.75) is 51.1 Å². The first-order chi connectivity index (χ1) is 15.2. The van der Waals surface area contributed by atoms with E-state index in [0.29, 0.717) is 25.2 Å². The van der Waals surface area contributed by atoms with Gasteiger partial charge in [-0.1, -0.05) is 19.1 Å². The maximum Gasteiger partial charge on any atom is 0.255 e. The first-order valence-corrected chi connectivity index (χ1v) is 11.0. The normalized spacial score (nSPS) is 22.5. The third-order valence-electron chi connectivity index (χ3n) is 6.16. The van der Waals surface area contributed by atoms with E-state index in [1.807, 2.05) is 36.1 Å². The van der Waals surface area contributed by atoms with E-state index in [4.69, 9.17) is 9.47 Å². The van der Waals surface area contributed by atoms with Crippen molar-refractivity contribution in [1.29, 1.82) is 0 Å². The molecule has 4 nitrogen and oxygen atoms in total. The number of halogens is 3. The van der Waals surface area contributed by atoms with Crippen molar-refractivity contribution in [2.75, 3.05) is 24.6 Å². The van der Waals surface area contributed by atoms with Crippen LogP contribution in [0.4, 0.5) is 18.9 Å². The van der Waals surface area contributed by atoms with Gasteiger partial charge in [-0.05, 0) is 42.7 Å². The van der Waals surface area contributed by atoms with Crippen molar-refractivity contribution in [1.82, 2.24) is 0 Å². The van der Waals surface area contributed by atoms with Crippen LogP contribution in [0.2, 0.25) is 0 Å². The predicted octanol–water partition coefficient (Wildman–Crippen LogP) is 5.60. The zero-order valence-corrected chi connectivity index (χ0v) is 18.3. The summed E-state index contributed by atoms with van der Waals surface area (Å²) in [5.74, 6) is -2.50. The van der Waals surface area contributed by atoms with Gasteiger partial charge in [0.25, 0.3) is 5.92 Å². The molecule has 0 aromatic heterocycles. The molecule has 0 spiro atoms. The molecule has 1 saturated heterocycles. The number of rotatable bonds is 9. The summed E-state index contributed by atoms with van der Waals surface area (Å²) in [6.07, 6.45) is 1.04. The van der Waals surface area contributed by atoms with E-state index in [1.54, 1.807) is 19.1 Å². The Hall–Kier alpha value is -2.70. The zero-order chi connectivity index (χ0) is 22.9. The van der Waals surface area contributed by atoms with E-state index < -0.39 is 17.7 Å². The summed E-state index contributed by atoms with van der Waals surface area (Å²) in [5.41, 5.74) is 1.55. The molecule has 172 valence electrons. The standard InChI is InChI=1S/C25H28F3NO3/c1-16(11-17(2)30)18-3-5-20(6-4-18)32-22-9-10-29(14-22)24-8-7-21(12-23(24)26)31-15-19-13-25(19,27)28/h3-8,12,16,19,22H,9-11,13-15H2,1-2H3/t16-,19?,22?/m1/s1. The van der Waals surface area contributed by atoms with E-state index in [0.717, 1.165) is 17.7 Å². The molecule has 1 heterocycles. The van der Waals surface area contributed by atoms with E-state index in [9.17, 15) is 18.0 Å². The fraction of sp³-hybridized carbons (Fsp3) is 0.480. The number of ether oxygens (including phenoxy) is 2. The van der Waals surface area contributed by atoms with Crippen LogP contribution in [0, 0.1) is 11.7 Å². The van der Waals surface area contributed by atoms with Crippen LogP contribution in [0.3, 0.4) is 0 Å². The molecule has 0 amide bonds. The van der Waals surface area contributed by atoms with Gasteiger partial charge >= 0.3 is 0 Å². The van der Waals surface area contributed by atoms with E-state index in [2.05, 4.69) is 0 Å². The number of alkyl halides is 2. The summed E-state index contributed by atoms with van der Waals surface area (Å²) in [4.78, 5) is 13.2. The molecule has 2 aromatic carbocycles. The zero-order valence-electron chi connectivity index (χ0n) is 18.3. The number of hydrogen-bond donors (Lipinski definition) is 0. The van der Waals surface area contributed by atoms with Crippen molar-refractivity contribution >= 4 is 11.5 Å². The van der Waals surface area contributed by atoms with Crippen molar-refractivity contribution < 1.29 is 27.4 Å². The van der Waals surface area contributed by atoms with Crippen molar-refractivity contribution in [3.8, 4) is 11.5 Å². The molecular weight excluding hydrogens is 419 g/mol. The van der Waals surface area contributed by atoms with Gasteiger partial charge in [0.1, 0.15) is 29.2 Å². The highest BCUT2D eigenvalue weighted by Gasteiger charge is 2.57. The maximum atomic E-state index is 14.6. The number of carbonyl (C=O) groups is 1. The summed E-state index contributed by atoms with van der Waals surface area (Å²) >= 11 is 0. The van der Waals surface area contributed by atoms with Gasteiger partial charge in [0.05, 0.1) is 24.8 Å². The second-order valence-corrected chi connectivity index (χ2v) is 8.94. The summed E-state index contributed by atoms with van der Waals surface area (Å²) in [6.45, 7) is 4.73. The number of ketones is 1. The molecule has 2 fully saturated rings. The third-order valence-corrected chi connectivity index (χ3v) is 6.16. The highest BCUT2D eigenvalue weighted by Crippen LogP contribution is 2.48. The van der Waals surface area contributed by atoms with Gasteiger partial charge in [-0.15, -0.1) is 0 Å². The van der Waals surface area contributed by atoms with Crippen LogP contribution in [-0.2, 0) is 4.79 Å². The molecule has 4 rings (SSSR count). The fourth-order valence-corrected chi connectivity index (χ4v) is 4.14. The molecule has 32 heavy (non-hydrogen) atoms. The second kappa shape index (κ2) is 9.04. The molecule has 0 bridgehead atoms. The highest BCUT2D eigenvalue weighted by atomic mass is 19.3. The van der Waals surface area contributed by atoms with Crippen molar-refractivity contribution in [2.24, 2.45) is 5.92 Å². The Labute approximate surface area is 186 Å². The van der Waals surface area contributed by atoms with Crippen LogP contribution in [-0.4, -0.2) is 37.5 Å². The van der Waals surface area contributed by atoms with Gasteiger partial charge in [-0.25, -0.2) is 13.2 Å². The molecule has 2 aliphatic rings. The van der Waals surface area contributed by atoms with Gasteiger partial charge in [0.15, 0.2) is 0 Å². The first kappa shape index (κ1) is 22.5. The molecule has 1 saturated carbocycles. The molecule has 2 aromatic rings. The Morgan fingerprint density at radius 2 is 1.88 bits per heavy atom. The predicted molar refractivity (Wildman–Crippen MR) is 116 cm³/mol. The lowest BCUT2D eigenvalue weighted by Crippen LogP contribution is -2.25. The third kappa shape index (κ3) is 5.37. The number of nitrogens with zero attached hydrogens (tertiary/aromatic N) is 1. The van der Waals surface area contributed by atoms with Crippen molar-refractivity contribution in [3.63, 3.8) is 0 Å². The summed E-state index contributed by atoms with van der Waals surface area (Å²) in [5, 5.41) is 0. The fourth-order valence-electron chi connectivity index (χ4n) is 4.14. The summed E-state index contributed by atoms with van der Waals surface area (Å²) < 4.78 is 51.9. The monoisotopic (exact) mass is 447 g/mol. The quantitative estimate of drug-likeness (QED) is 0.502. The second-order valence-electron chi connectivity index (χ2n) is 8.94. The van der Waals surface area contributed by atoms with Crippen molar-refractivity contribution in [3.05, 3.63) is 53.8 Å². The number of anilines is 1. The van der Waals surface area contributed by atoms with Crippen LogP contribution in [0.15, 0.2) is 42.5 Å². The lowest BCUT2D eigenvalue weighted by molar-refractivity contribution is -0.117. The minimum atomic E-state index is -2.64. The topological polar surface area (TPSA) is 38.8 Å². The summed E-state index contributed by atoms with van der Waals surface area (Å²) in [7, 11) is 0. The average molecular weight is 447 g/mol. The minimum absolute atomic E-state index is 0.0667. The smallest absolute Gasteiger partial charge is 0.255 e. The van der Waals surface area contributed by atoms with E-state index in [-0.39, 0.29) is 36.6 Å². The van der Waals surface area contributed by atoms with Gasteiger partial charge < -0.3 is 19.2 Å². The molecule has 7 heteroatoms. The molecule has 2 unspecified atom stereocenters. The Kier molecular flexibility index (Phi) is 6.35. The molecule has 3 atom stereocenters. The van der Waals surface area contributed by atoms with Gasteiger partial charge in [-0.2, -0.15) is 0 Å². The van der Waals surface area contributed by atoms with Crippen LogP contribution in [0.1, 0.15) is 44.6 Å². The van der Waals surface area contributed by atoms with E-state index in [1.165, 1.54) is 6.07 Å². The molecule has 0 N–H and O–H groups in total. The Morgan fingerprint density at radius 1 is 1.19 bits per heavy atom. The van der Waals surface area contributed by atoms with Gasteiger partial charge in [0, 0.05) is 31.9 Å². The Morgan fingerprint density at radius 3 is 2.50 bits per heavy atom. The Balaban J connectivity index is 1.30. The van der Waals surface area contributed by atoms with Gasteiger partial charge in [0.2, 0.25) is 0 Å². The molecule has 0 radical (unpaired) electrons. The van der Waals surface area contributed by atoms with Crippen LogP contribution >= 0.6 is 0 Å². The summed E-state index contributed by atoms with van der Waals surface area (Å²) in [6, 6.07) is 12.3.